The summed E-state index contributed by atoms with van der Waals surface area (Å²) in [6, 6.07) is 0. The molecule has 2 nitrogen and oxygen atoms in total. The highest BCUT2D eigenvalue weighted by Gasteiger charge is 2.42. The predicted octanol–water partition coefficient (Wildman–Crippen LogP) is 2.89. The van der Waals surface area contributed by atoms with E-state index in [1.54, 1.807) is 6.26 Å². The third-order valence-electron chi connectivity index (χ3n) is 1.97. The lowest BCUT2D eigenvalue weighted by Gasteiger charge is -2.09. The molecule has 76 valence electrons. The van der Waals surface area contributed by atoms with Crippen LogP contribution in [0.1, 0.15) is 19.0 Å². The Kier molecular flexibility index (Phi) is 2.09. The molecule has 1 aromatic rings. The van der Waals surface area contributed by atoms with Crippen LogP contribution in [0.25, 0.3) is 0 Å². The summed E-state index contributed by atoms with van der Waals surface area (Å²) in [5.41, 5.74) is -0.314. The number of alkyl halides is 2. The Morgan fingerprint density at radius 3 is 2.93 bits per heavy atom. The average Bonchev–Trinajstić information content (AvgIpc) is 2.37. The molecule has 6 heteroatoms. The summed E-state index contributed by atoms with van der Waals surface area (Å²) < 4.78 is 34.3. The van der Waals surface area contributed by atoms with Gasteiger partial charge in [0.25, 0.3) is 5.92 Å². The van der Waals surface area contributed by atoms with Crippen LogP contribution in [0, 0.1) is 0 Å². The standard InChI is InChI=1S/C8H7ClF2N2S/c1-14-7-12-5-4(6(9)13-7)2-3-8(5,10)11/h2-3H2,1H3/i2D. The number of halogens is 3. The molecule has 1 atom stereocenters. The van der Waals surface area contributed by atoms with Crippen molar-refractivity contribution in [3.05, 3.63) is 16.4 Å². The lowest BCUT2D eigenvalue weighted by molar-refractivity contribution is -0.00651. The first-order valence-corrected chi connectivity index (χ1v) is 5.48. The zero-order valence-corrected chi connectivity index (χ0v) is 8.79. The van der Waals surface area contributed by atoms with Gasteiger partial charge >= 0.3 is 0 Å². The van der Waals surface area contributed by atoms with Crippen LogP contribution in [0.3, 0.4) is 0 Å². The zero-order chi connectivity index (χ0) is 11.2. The Labute approximate surface area is 90.5 Å². The average molecular weight is 238 g/mol. The van der Waals surface area contributed by atoms with Crippen LogP contribution in [0.4, 0.5) is 8.78 Å². The van der Waals surface area contributed by atoms with Crippen LogP contribution in [0.15, 0.2) is 5.16 Å². The number of hydrogen-bond donors (Lipinski definition) is 0. The highest BCUT2D eigenvalue weighted by molar-refractivity contribution is 7.98. The van der Waals surface area contributed by atoms with Gasteiger partial charge in [0.05, 0.1) is 0 Å². The number of aromatic nitrogens is 2. The van der Waals surface area contributed by atoms with Gasteiger partial charge in [0.2, 0.25) is 0 Å². The van der Waals surface area contributed by atoms with Crippen molar-refractivity contribution in [3.8, 4) is 0 Å². The van der Waals surface area contributed by atoms with E-state index in [4.69, 9.17) is 13.0 Å². The maximum atomic E-state index is 13.4. The van der Waals surface area contributed by atoms with Crippen LogP contribution < -0.4 is 0 Å². The van der Waals surface area contributed by atoms with E-state index in [1.807, 2.05) is 0 Å². The highest BCUT2D eigenvalue weighted by Crippen LogP contribution is 2.42. The van der Waals surface area contributed by atoms with E-state index in [-0.39, 0.29) is 21.6 Å². The number of rotatable bonds is 1. The monoisotopic (exact) mass is 237 g/mol. The van der Waals surface area contributed by atoms with Crippen molar-refractivity contribution in [2.45, 2.75) is 23.9 Å². The maximum Gasteiger partial charge on any atom is 0.290 e. The van der Waals surface area contributed by atoms with Gasteiger partial charge in [-0.3, -0.25) is 0 Å². The van der Waals surface area contributed by atoms with Crippen molar-refractivity contribution < 1.29 is 10.2 Å². The van der Waals surface area contributed by atoms with E-state index >= 15 is 0 Å². The molecule has 0 saturated carbocycles. The second-order valence-electron chi connectivity index (χ2n) is 2.88. The molecule has 0 N–H and O–H groups in total. The molecule has 0 spiro atoms. The number of hydrogen-bond acceptors (Lipinski definition) is 3. The van der Waals surface area contributed by atoms with Crippen LogP contribution in [-0.2, 0) is 12.3 Å². The van der Waals surface area contributed by atoms with Gasteiger partial charge in [0.1, 0.15) is 10.8 Å². The van der Waals surface area contributed by atoms with Crippen LogP contribution in [-0.4, -0.2) is 16.2 Å². The van der Waals surface area contributed by atoms with Crippen molar-refractivity contribution in [2.24, 2.45) is 0 Å². The quantitative estimate of drug-likeness (QED) is 0.427. The molecular weight excluding hydrogens is 230 g/mol. The largest absolute Gasteiger partial charge is 0.290 e. The molecule has 0 bridgehead atoms. The second-order valence-corrected chi connectivity index (χ2v) is 4.01. The minimum absolute atomic E-state index is 0.0264. The van der Waals surface area contributed by atoms with Crippen molar-refractivity contribution >= 4 is 23.4 Å². The summed E-state index contributed by atoms with van der Waals surface area (Å²) in [7, 11) is 0. The molecule has 2 rings (SSSR count). The summed E-state index contributed by atoms with van der Waals surface area (Å²) in [4.78, 5) is 7.58. The molecule has 1 aliphatic carbocycles. The van der Waals surface area contributed by atoms with Gasteiger partial charge in [-0.2, -0.15) is 8.78 Å². The Morgan fingerprint density at radius 1 is 1.57 bits per heavy atom. The highest BCUT2D eigenvalue weighted by atomic mass is 35.5. The number of thioether (sulfide) groups is 1. The van der Waals surface area contributed by atoms with Gasteiger partial charge in [-0.1, -0.05) is 23.4 Å². The molecule has 0 saturated heterocycles. The molecule has 1 aromatic heterocycles. The van der Waals surface area contributed by atoms with Crippen LogP contribution in [0.2, 0.25) is 5.15 Å². The van der Waals surface area contributed by atoms with E-state index in [0.29, 0.717) is 0 Å². The van der Waals surface area contributed by atoms with E-state index < -0.39 is 18.7 Å². The molecule has 0 amide bonds. The lowest BCUT2D eigenvalue weighted by atomic mass is 10.2. The maximum absolute atomic E-state index is 13.4. The van der Waals surface area contributed by atoms with Gasteiger partial charge in [-0.05, 0) is 12.7 Å². The summed E-state index contributed by atoms with van der Waals surface area (Å²) in [5, 5.41) is 0.189. The lowest BCUT2D eigenvalue weighted by Crippen LogP contribution is -2.11. The molecule has 0 radical (unpaired) electrons. The Balaban J connectivity index is 2.64. The van der Waals surface area contributed by atoms with Crippen molar-refractivity contribution in [1.29, 1.82) is 0 Å². The van der Waals surface area contributed by atoms with Crippen molar-refractivity contribution in [2.75, 3.05) is 6.26 Å². The SMILES string of the molecule is [2H]C1CC(F)(F)c2nc(SC)nc(Cl)c21. The first-order valence-electron chi connectivity index (χ1n) is 4.45. The van der Waals surface area contributed by atoms with E-state index in [9.17, 15) is 8.78 Å². The van der Waals surface area contributed by atoms with Gasteiger partial charge in [0.15, 0.2) is 5.16 Å². The predicted molar refractivity (Wildman–Crippen MR) is 51.0 cm³/mol. The van der Waals surface area contributed by atoms with Gasteiger partial charge < -0.3 is 0 Å². The fourth-order valence-electron chi connectivity index (χ4n) is 1.30. The van der Waals surface area contributed by atoms with E-state index in [2.05, 4.69) is 9.97 Å². The smallest absolute Gasteiger partial charge is 0.221 e. The van der Waals surface area contributed by atoms with Crippen LogP contribution >= 0.6 is 23.4 Å². The van der Waals surface area contributed by atoms with E-state index in [0.717, 1.165) is 11.8 Å². The molecule has 0 fully saturated rings. The topological polar surface area (TPSA) is 25.8 Å². The Hall–Kier alpha value is -0.420. The Morgan fingerprint density at radius 2 is 2.29 bits per heavy atom. The fourth-order valence-corrected chi connectivity index (χ4v) is 1.96. The summed E-state index contributed by atoms with van der Waals surface area (Å²) >= 11 is 6.91. The molecule has 1 aliphatic rings. The first-order chi connectivity index (χ1) is 6.95. The minimum atomic E-state index is -3.06. The minimum Gasteiger partial charge on any atom is -0.221 e. The molecule has 1 heterocycles. The van der Waals surface area contributed by atoms with Gasteiger partial charge in [0, 0.05) is 13.4 Å². The van der Waals surface area contributed by atoms with Crippen molar-refractivity contribution in [3.63, 3.8) is 0 Å². The fraction of sp³-hybridized carbons (Fsp3) is 0.500. The third kappa shape index (κ3) is 1.48. The number of fused-ring (bicyclic) bond motifs is 1. The van der Waals surface area contributed by atoms with Crippen LogP contribution in [0.5, 0.6) is 0 Å². The van der Waals surface area contributed by atoms with E-state index in [1.165, 1.54) is 0 Å². The second kappa shape index (κ2) is 3.31. The Bertz CT molecular complexity index is 416. The third-order valence-corrected chi connectivity index (χ3v) is 2.81. The molecule has 0 aromatic carbocycles. The summed E-state index contributed by atoms with van der Waals surface area (Å²) in [6.45, 7) is 0. The molecule has 1 unspecified atom stereocenters. The van der Waals surface area contributed by atoms with Gasteiger partial charge in [-0.25, -0.2) is 9.97 Å². The zero-order valence-electron chi connectivity index (χ0n) is 8.22. The summed E-state index contributed by atoms with van der Waals surface area (Å²) in [6.07, 6.45) is 0.0937. The van der Waals surface area contributed by atoms with Crippen molar-refractivity contribution in [1.82, 2.24) is 9.97 Å². The molecule has 0 aliphatic heterocycles. The summed E-state index contributed by atoms with van der Waals surface area (Å²) in [5.74, 6) is -3.06. The number of nitrogens with zero attached hydrogens (tertiary/aromatic N) is 2. The molecule has 14 heavy (non-hydrogen) atoms. The normalized spacial score (nSPS) is 24.6. The van der Waals surface area contributed by atoms with Gasteiger partial charge in [-0.15, -0.1) is 0 Å². The molecular formula is C8H7ClF2N2S. The first kappa shape index (κ1) is 8.85.